The number of quaternary nitrogens is 5. The number of hydroxylamine groups is 3. The van der Waals surface area contributed by atoms with Gasteiger partial charge in [-0.1, -0.05) is 0 Å². The van der Waals surface area contributed by atoms with Gasteiger partial charge in [0.2, 0.25) is 0 Å². The predicted octanol–water partition coefficient (Wildman–Crippen LogP) is -7.05. The Hall–Kier alpha value is 2.44. The van der Waals surface area contributed by atoms with Crippen molar-refractivity contribution in [3.8, 4) is 0 Å². The van der Waals surface area contributed by atoms with Gasteiger partial charge in [-0.25, -0.2) is 0 Å². The molecular formula is C2H18I5N15O12+4. The second-order valence-corrected chi connectivity index (χ2v) is 15.6. The van der Waals surface area contributed by atoms with Crippen LogP contribution >= 0.6 is 85.8 Å². The molecule has 0 aromatic carbocycles. The van der Waals surface area contributed by atoms with E-state index < -0.39 is 59.3 Å². The number of alkyl halides is 1. The molecule has 0 spiro atoms. The molecule has 2 saturated heterocycles. The van der Waals surface area contributed by atoms with Gasteiger partial charge in [-0.15, -0.1) is 0 Å². The van der Waals surface area contributed by atoms with Crippen LogP contribution in [-0.4, -0.2) is 50.4 Å². The summed E-state index contributed by atoms with van der Waals surface area (Å²) in [4.78, 5) is 44.4. The first-order valence-corrected chi connectivity index (χ1v) is 19.1. The molecule has 2 heterocycles. The summed E-state index contributed by atoms with van der Waals surface area (Å²) in [7, 11) is 0. The SMILES string of the molecule is C=I[I-]C[N+]1(ON(N)ON(N)OI)ON(N)O[N+]2(N)O[N+](N)(OI)O[N+](N)(OI)O[N+](N)(O2)O1. The molecule has 32 heteroatoms. The minimum absolute atomic E-state index is 0.0377. The molecule has 27 nitrogen and oxygen atoms in total. The summed E-state index contributed by atoms with van der Waals surface area (Å²) >= 11 is 2.46. The first-order valence-electron chi connectivity index (χ1n) is 7.10. The van der Waals surface area contributed by atoms with Crippen molar-refractivity contribution < 1.29 is 96.5 Å². The third-order valence-corrected chi connectivity index (χ3v) is 9.89. The van der Waals surface area contributed by atoms with E-state index in [0.29, 0.717) is 0 Å². The molecule has 34 heavy (non-hydrogen) atoms. The van der Waals surface area contributed by atoms with Crippen molar-refractivity contribution >= 4 is 90.3 Å². The number of fused-ring (bicyclic) bond motifs is 2. The van der Waals surface area contributed by atoms with Crippen molar-refractivity contribution in [2.45, 2.75) is 0 Å². The molecule has 5 atom stereocenters. The summed E-state index contributed by atoms with van der Waals surface area (Å²) in [5.74, 6) is 39.7. The summed E-state index contributed by atoms with van der Waals surface area (Å²) in [6, 6.07) is 0. The van der Waals surface area contributed by atoms with Crippen LogP contribution in [0.4, 0.5) is 0 Å². The average Bonchev–Trinajstić information content (AvgIpc) is 2.68. The van der Waals surface area contributed by atoms with Crippen LogP contribution in [0.1, 0.15) is 0 Å². The molecule has 2 fully saturated rings. The Kier molecular flexibility index (Phi) is 12.7. The molecule has 0 amide bonds. The van der Waals surface area contributed by atoms with E-state index in [1.807, 2.05) is 0 Å². The maximum atomic E-state index is 5.98. The summed E-state index contributed by atoms with van der Waals surface area (Å²) in [6.07, 6.45) is 0. The van der Waals surface area contributed by atoms with E-state index in [2.05, 4.69) is 7.68 Å². The Balaban J connectivity index is 2.49. The van der Waals surface area contributed by atoms with Gasteiger partial charge in [0.15, 0.2) is 0 Å². The molecule has 2 aliphatic heterocycles. The van der Waals surface area contributed by atoms with Crippen LogP contribution in [0.2, 0.25) is 0 Å². The number of rotatable bonds is 10. The molecule has 0 radical (unpaired) electrons. The van der Waals surface area contributed by atoms with Gasteiger partial charge in [-0.2, -0.15) is 0 Å². The van der Waals surface area contributed by atoms with Gasteiger partial charge in [0.05, 0.1) is 0 Å². The van der Waals surface area contributed by atoms with Gasteiger partial charge in [-0.3, -0.25) is 0 Å². The molecule has 2 aliphatic rings. The van der Waals surface area contributed by atoms with Gasteiger partial charge >= 0.3 is 248 Å². The zero-order valence-electron chi connectivity index (χ0n) is 15.8. The van der Waals surface area contributed by atoms with E-state index in [1.54, 1.807) is 0 Å². The standard InChI is InChI=1S/C2H18I5N15O12/c1-6-7-2-18(27-16(9)26-15(8)23-3)28-17(10)29-21(13)32-19(11,24-4)31-20(12,25-5)33-22(14,30-18)34-21/h1-2,8-14H2/q+4. The number of hydrazine groups is 3. The van der Waals surface area contributed by atoms with Crippen molar-refractivity contribution in [2.24, 2.45) is 40.9 Å². The van der Waals surface area contributed by atoms with Crippen LogP contribution in [0.25, 0.3) is 0 Å². The van der Waals surface area contributed by atoms with E-state index in [1.165, 1.54) is 69.0 Å². The fourth-order valence-electron chi connectivity index (χ4n) is 1.65. The molecule has 0 aromatic rings. The minimum atomic E-state index is -2.17. The van der Waals surface area contributed by atoms with Gasteiger partial charge < -0.3 is 0 Å². The number of hydrogen-bond acceptors (Lipinski definition) is 22. The van der Waals surface area contributed by atoms with E-state index >= 15 is 0 Å². The van der Waals surface area contributed by atoms with E-state index in [0.717, 1.165) is 0 Å². The Morgan fingerprint density at radius 3 is 2.00 bits per heavy atom. The van der Waals surface area contributed by atoms with E-state index in [9.17, 15) is 0 Å². The third-order valence-electron chi connectivity index (χ3n) is 2.44. The van der Waals surface area contributed by atoms with Crippen molar-refractivity contribution in [3.63, 3.8) is 0 Å². The van der Waals surface area contributed by atoms with E-state index in [4.69, 9.17) is 91.7 Å². The first kappa shape index (κ1) is 32.7. The summed E-state index contributed by atoms with van der Waals surface area (Å²) in [5.41, 5.74) is 0. The Labute approximate surface area is 245 Å². The Morgan fingerprint density at radius 1 is 0.882 bits per heavy atom. The number of halogens is 5. The molecule has 0 saturated carbocycles. The normalized spacial score (nSPS) is 40.2. The molecule has 5 unspecified atom stereocenters. The molecule has 0 aliphatic carbocycles. The van der Waals surface area contributed by atoms with Crippen molar-refractivity contribution in [1.82, 2.24) is 16.0 Å². The van der Waals surface area contributed by atoms with Crippen molar-refractivity contribution in [2.75, 3.05) is 4.55 Å². The zero-order chi connectivity index (χ0) is 25.8. The molecular weight excluding hydrogens is 1060 g/mol. The van der Waals surface area contributed by atoms with E-state index in [-0.39, 0.29) is 20.6 Å². The van der Waals surface area contributed by atoms with Crippen LogP contribution < -0.4 is 58.1 Å². The Bertz CT molecular complexity index is 706. The predicted molar refractivity (Wildman–Crippen MR) is 117 cm³/mol. The average molecular weight is 1080 g/mol. The number of hydrogen-bond donors (Lipinski definition) is 7. The third kappa shape index (κ3) is 9.27. The molecule has 2 rings (SSSR count). The van der Waals surface area contributed by atoms with Gasteiger partial charge in [0, 0.05) is 0 Å². The monoisotopic (exact) mass is 1080 g/mol. The van der Waals surface area contributed by atoms with Crippen LogP contribution in [-0.2, 0) is 53.9 Å². The van der Waals surface area contributed by atoms with Gasteiger partial charge in [0.25, 0.3) is 0 Å². The molecule has 2 bridgehead atoms. The van der Waals surface area contributed by atoms with Crippen LogP contribution in [0.15, 0.2) is 0 Å². The molecule has 204 valence electrons. The second kappa shape index (κ2) is 13.2. The number of nitrogens with zero attached hydrogens (tertiary/aromatic N) is 8. The fourth-order valence-corrected chi connectivity index (χ4v) is 6.23. The van der Waals surface area contributed by atoms with Crippen LogP contribution in [0.5, 0.6) is 0 Å². The first-order chi connectivity index (χ1) is 15.7. The molecule has 14 N–H and O–H groups in total. The fraction of sp³-hybridized carbons (Fsp3) is 0.500. The van der Waals surface area contributed by atoms with Gasteiger partial charge in [0.1, 0.15) is 0 Å². The zero-order valence-corrected chi connectivity index (χ0v) is 26.6. The van der Waals surface area contributed by atoms with Crippen molar-refractivity contribution in [3.05, 3.63) is 0 Å². The quantitative estimate of drug-likeness (QED) is 0.0267. The van der Waals surface area contributed by atoms with Crippen LogP contribution in [0, 0.1) is 0 Å². The topological polar surface area (TPSA) is 303 Å². The number of nitrogens with two attached hydrogens (primary N) is 7. The maximum absolute atomic E-state index is 5.98. The Morgan fingerprint density at radius 2 is 1.47 bits per heavy atom. The second-order valence-electron chi connectivity index (χ2n) is 4.89. The van der Waals surface area contributed by atoms with Crippen molar-refractivity contribution in [1.29, 1.82) is 0 Å². The van der Waals surface area contributed by atoms with Crippen LogP contribution in [0.3, 0.4) is 0 Å². The van der Waals surface area contributed by atoms with Gasteiger partial charge in [-0.05, 0) is 0 Å². The molecule has 0 aromatic heterocycles. The summed E-state index contributed by atoms with van der Waals surface area (Å²) in [6.45, 7) is 0. The summed E-state index contributed by atoms with van der Waals surface area (Å²) in [5, 5.41) is -7.77. The summed E-state index contributed by atoms with van der Waals surface area (Å²) < 4.78 is 17.7.